The molecule has 8 nitrogen and oxygen atoms in total. The summed E-state index contributed by atoms with van der Waals surface area (Å²) in [5, 5.41) is 8.24. The molecule has 3 aliphatic rings. The molecule has 1 atom stereocenters. The van der Waals surface area contributed by atoms with Gasteiger partial charge in [0, 0.05) is 17.7 Å². The quantitative estimate of drug-likeness (QED) is 0.549. The summed E-state index contributed by atoms with van der Waals surface area (Å²) in [7, 11) is 0. The Balaban J connectivity index is 1.23. The smallest absolute Gasteiger partial charge is 0.259 e. The molecule has 3 aliphatic carbocycles. The molecule has 1 amide bonds. The molecule has 32 heavy (non-hydrogen) atoms. The van der Waals surface area contributed by atoms with Crippen LogP contribution in [0.2, 0.25) is 5.02 Å². The molecule has 3 saturated carbocycles. The molecule has 0 radical (unpaired) electrons. The van der Waals surface area contributed by atoms with Gasteiger partial charge in [-0.25, -0.2) is 4.39 Å². The first kappa shape index (κ1) is 20.7. The number of primary amides is 1. The first-order valence-corrected chi connectivity index (χ1v) is 10.4. The summed E-state index contributed by atoms with van der Waals surface area (Å²) < 4.78 is 31.0. The highest BCUT2D eigenvalue weighted by atomic mass is 35.5. The van der Waals surface area contributed by atoms with E-state index >= 15 is 0 Å². The van der Waals surface area contributed by atoms with E-state index in [-0.39, 0.29) is 22.8 Å². The van der Waals surface area contributed by atoms with Crippen LogP contribution in [0.3, 0.4) is 0 Å². The molecular formula is C22H20ClFN4O4. The van der Waals surface area contributed by atoms with Crippen LogP contribution in [-0.2, 0) is 16.8 Å². The van der Waals surface area contributed by atoms with E-state index in [0.29, 0.717) is 36.8 Å². The lowest BCUT2D eigenvalue weighted by molar-refractivity contribution is -0.208. The largest absolute Gasteiger partial charge is 0.482 e. The number of hydrogen-bond acceptors (Lipinski definition) is 7. The van der Waals surface area contributed by atoms with Crippen LogP contribution in [0.5, 0.6) is 11.5 Å². The summed E-state index contributed by atoms with van der Waals surface area (Å²) in [5.74, 6) is 0.482. The van der Waals surface area contributed by atoms with Crippen molar-refractivity contribution in [2.75, 3.05) is 0 Å². The van der Waals surface area contributed by atoms with Crippen molar-refractivity contribution < 1.29 is 23.1 Å². The fourth-order valence-corrected chi connectivity index (χ4v) is 4.94. The van der Waals surface area contributed by atoms with E-state index in [0.717, 1.165) is 11.6 Å². The average molecular weight is 459 g/mol. The fraction of sp³-hybridized carbons (Fsp3) is 0.364. The number of pyridine rings is 1. The van der Waals surface area contributed by atoms with Gasteiger partial charge in [-0.05, 0) is 49.9 Å². The van der Waals surface area contributed by atoms with Crippen molar-refractivity contribution in [2.45, 2.75) is 44.3 Å². The second-order valence-electron chi connectivity index (χ2n) is 8.64. The summed E-state index contributed by atoms with van der Waals surface area (Å²) in [6.07, 6.45) is 4.33. The van der Waals surface area contributed by atoms with Gasteiger partial charge in [0.1, 0.15) is 17.3 Å². The number of ether oxygens (including phenoxy) is 2. The minimum atomic E-state index is -0.885. The van der Waals surface area contributed by atoms with Crippen molar-refractivity contribution in [3.8, 4) is 11.5 Å². The topological polar surface area (TPSA) is 113 Å². The van der Waals surface area contributed by atoms with Gasteiger partial charge in [-0.15, -0.1) is 10.2 Å². The summed E-state index contributed by atoms with van der Waals surface area (Å²) >= 11 is 5.71. The number of hydrogen-bond donors (Lipinski definition) is 1. The number of nitrogens with zero attached hydrogens (tertiary/aromatic N) is 3. The van der Waals surface area contributed by atoms with Crippen molar-refractivity contribution in [2.24, 2.45) is 11.1 Å². The van der Waals surface area contributed by atoms with E-state index in [1.807, 2.05) is 13.0 Å². The van der Waals surface area contributed by atoms with Crippen molar-refractivity contribution in [3.63, 3.8) is 0 Å². The number of rotatable bonds is 8. The molecule has 2 aromatic heterocycles. The molecule has 0 spiro atoms. The lowest BCUT2D eigenvalue weighted by atomic mass is 9.33. The van der Waals surface area contributed by atoms with E-state index in [4.69, 9.17) is 31.2 Å². The van der Waals surface area contributed by atoms with Crippen LogP contribution in [0.4, 0.5) is 4.39 Å². The van der Waals surface area contributed by atoms with E-state index < -0.39 is 23.2 Å². The van der Waals surface area contributed by atoms with Gasteiger partial charge in [-0.1, -0.05) is 11.6 Å². The maximum absolute atomic E-state index is 13.7. The molecule has 166 valence electrons. The highest BCUT2D eigenvalue weighted by molar-refractivity contribution is 6.30. The van der Waals surface area contributed by atoms with Crippen molar-refractivity contribution in [1.82, 2.24) is 15.2 Å². The Morgan fingerprint density at radius 1 is 1.25 bits per heavy atom. The number of carbonyl (C=O) groups is 1. The van der Waals surface area contributed by atoms with E-state index in [2.05, 4.69) is 15.2 Å². The van der Waals surface area contributed by atoms with Crippen LogP contribution in [0.25, 0.3) is 0 Å². The Labute approximate surface area is 187 Å². The number of aryl methyl sites for hydroxylation is 1. The highest BCUT2D eigenvalue weighted by Crippen LogP contribution is 2.75. The Morgan fingerprint density at radius 2 is 2.03 bits per heavy atom. The lowest BCUT2D eigenvalue weighted by Gasteiger charge is -2.69. The lowest BCUT2D eigenvalue weighted by Crippen LogP contribution is -2.72. The van der Waals surface area contributed by atoms with Crippen LogP contribution in [-0.4, -0.2) is 27.2 Å². The fourth-order valence-electron chi connectivity index (χ4n) is 4.82. The van der Waals surface area contributed by atoms with Crippen LogP contribution >= 0.6 is 11.6 Å². The number of halogens is 2. The van der Waals surface area contributed by atoms with Gasteiger partial charge in [0.25, 0.3) is 11.8 Å². The van der Waals surface area contributed by atoms with Crippen LogP contribution < -0.4 is 15.2 Å². The summed E-state index contributed by atoms with van der Waals surface area (Å²) in [4.78, 5) is 16.2. The van der Waals surface area contributed by atoms with Gasteiger partial charge in [-0.2, -0.15) is 0 Å². The maximum Gasteiger partial charge on any atom is 0.259 e. The van der Waals surface area contributed by atoms with E-state index in [1.165, 1.54) is 12.1 Å². The monoisotopic (exact) mass is 458 g/mol. The molecule has 3 aromatic rings. The van der Waals surface area contributed by atoms with E-state index in [9.17, 15) is 9.18 Å². The molecule has 1 aromatic carbocycles. The molecule has 10 heteroatoms. The SMILES string of the molecule is Cc1cncc(OCc2nnc(C34CC(C(Oc5ccc(Cl)c(F)c5)C(N)=O)(C3)C4)o2)c1. The van der Waals surface area contributed by atoms with Crippen LogP contribution in [0.1, 0.15) is 36.6 Å². The zero-order valence-electron chi connectivity index (χ0n) is 17.2. The Bertz CT molecular complexity index is 1180. The zero-order chi connectivity index (χ0) is 22.5. The second kappa shape index (κ2) is 7.44. The molecule has 1 unspecified atom stereocenters. The highest BCUT2D eigenvalue weighted by Gasteiger charge is 2.75. The van der Waals surface area contributed by atoms with Gasteiger partial charge >= 0.3 is 0 Å². The normalized spacial score (nSPS) is 24.2. The third-order valence-corrected chi connectivity index (χ3v) is 6.47. The molecule has 0 aliphatic heterocycles. The zero-order valence-corrected chi connectivity index (χ0v) is 17.9. The Hall–Kier alpha value is -3.20. The van der Waals surface area contributed by atoms with Gasteiger partial charge in [0.05, 0.1) is 16.6 Å². The first-order chi connectivity index (χ1) is 15.3. The minimum Gasteiger partial charge on any atom is -0.482 e. The van der Waals surface area contributed by atoms with Crippen LogP contribution in [0.15, 0.2) is 41.1 Å². The molecule has 0 saturated heterocycles. The number of nitrogens with two attached hydrogens (primary N) is 1. The number of benzene rings is 1. The number of carbonyl (C=O) groups excluding carboxylic acids is 1. The first-order valence-electron chi connectivity index (χ1n) is 10.1. The van der Waals surface area contributed by atoms with Crippen molar-refractivity contribution in [1.29, 1.82) is 0 Å². The number of aromatic nitrogens is 3. The van der Waals surface area contributed by atoms with Gasteiger partial charge in [0.15, 0.2) is 12.7 Å². The van der Waals surface area contributed by atoms with Crippen LogP contribution in [0, 0.1) is 18.2 Å². The van der Waals surface area contributed by atoms with Gasteiger partial charge in [0.2, 0.25) is 5.89 Å². The third-order valence-electron chi connectivity index (χ3n) is 6.16. The Morgan fingerprint density at radius 3 is 2.72 bits per heavy atom. The Kier molecular flexibility index (Phi) is 4.81. The summed E-state index contributed by atoms with van der Waals surface area (Å²) in [6, 6.07) is 5.90. The second-order valence-corrected chi connectivity index (χ2v) is 9.04. The van der Waals surface area contributed by atoms with E-state index in [1.54, 1.807) is 12.4 Å². The molecule has 2 bridgehead atoms. The summed E-state index contributed by atoms with van der Waals surface area (Å²) in [6.45, 7) is 2.06. The summed E-state index contributed by atoms with van der Waals surface area (Å²) in [5.41, 5.74) is 5.87. The van der Waals surface area contributed by atoms with Gasteiger partial charge in [-0.3, -0.25) is 9.78 Å². The third kappa shape index (κ3) is 3.46. The molecule has 3 fully saturated rings. The molecular weight excluding hydrogens is 439 g/mol. The number of amides is 1. The minimum absolute atomic E-state index is 0.0210. The predicted octanol–water partition coefficient (Wildman–Crippen LogP) is 3.50. The van der Waals surface area contributed by atoms with Gasteiger partial charge < -0.3 is 19.6 Å². The van der Waals surface area contributed by atoms with Crippen molar-refractivity contribution >= 4 is 17.5 Å². The standard InChI is InChI=1S/C22H20ClFN4O4/c1-12-4-14(7-26-6-12)30-8-17-27-28-20(32-17)22-9-21(10-22,11-22)18(19(25)29)31-13-2-3-15(23)16(24)5-13/h2-7,18H,8-11H2,1H3,(H2,25,29). The predicted molar refractivity (Wildman–Crippen MR) is 111 cm³/mol. The molecule has 2 heterocycles. The average Bonchev–Trinajstić information content (AvgIpc) is 3.15. The molecule has 6 rings (SSSR count). The molecule has 2 N–H and O–H groups in total. The maximum atomic E-state index is 13.7. The van der Waals surface area contributed by atoms with Crippen molar-refractivity contribution in [3.05, 3.63) is 64.8 Å².